The fourth-order valence-electron chi connectivity index (χ4n) is 3.85. The van der Waals surface area contributed by atoms with Gasteiger partial charge in [-0.05, 0) is 56.8 Å². The molecule has 1 N–H and O–H groups in total. The molecular formula is C19H24N4OS2. The molecule has 4 rings (SSSR count). The fourth-order valence-corrected chi connectivity index (χ4v) is 5.47. The van der Waals surface area contributed by atoms with Gasteiger partial charge in [-0.25, -0.2) is 4.98 Å². The average molecular weight is 389 g/mol. The highest BCUT2D eigenvalue weighted by molar-refractivity contribution is 7.71. The van der Waals surface area contributed by atoms with Gasteiger partial charge in [-0.2, -0.15) is 0 Å². The van der Waals surface area contributed by atoms with Crippen molar-refractivity contribution < 1.29 is 0 Å². The van der Waals surface area contributed by atoms with E-state index in [-0.39, 0.29) is 5.56 Å². The van der Waals surface area contributed by atoms with Crippen LogP contribution in [-0.4, -0.2) is 19.1 Å². The van der Waals surface area contributed by atoms with Gasteiger partial charge in [0.15, 0.2) is 4.77 Å². The van der Waals surface area contributed by atoms with Crippen molar-refractivity contribution in [3.8, 4) is 0 Å². The topological polar surface area (TPSA) is 55.6 Å². The van der Waals surface area contributed by atoms with Gasteiger partial charge in [0.25, 0.3) is 5.56 Å². The number of nitrogens with one attached hydrogen (secondary N) is 1. The van der Waals surface area contributed by atoms with Crippen LogP contribution in [0, 0.1) is 11.7 Å². The molecule has 0 radical (unpaired) electrons. The Labute approximate surface area is 161 Å². The van der Waals surface area contributed by atoms with Gasteiger partial charge < -0.3 is 9.55 Å². The Balaban J connectivity index is 1.66. The summed E-state index contributed by atoms with van der Waals surface area (Å²) in [7, 11) is 0. The standard InChI is InChI=1S/C19H24N4OS2/c1-13-11-20-12-22(13)9-6-10-23-18(24)16-14-7-4-2-3-5-8-15(14)26-17(16)21-19(23)25/h11-12H,2-10H2,1H3,(H,21,25). The predicted octanol–water partition coefficient (Wildman–Crippen LogP) is 4.37. The van der Waals surface area contributed by atoms with E-state index in [0.717, 1.165) is 41.7 Å². The minimum absolute atomic E-state index is 0.0872. The van der Waals surface area contributed by atoms with Crippen LogP contribution in [0.1, 0.15) is 48.2 Å². The molecule has 3 heterocycles. The molecule has 138 valence electrons. The highest BCUT2D eigenvalue weighted by atomic mass is 32.1. The van der Waals surface area contributed by atoms with E-state index < -0.39 is 0 Å². The third-order valence-corrected chi connectivity index (χ3v) is 6.83. The summed E-state index contributed by atoms with van der Waals surface area (Å²) in [6.07, 6.45) is 11.6. The summed E-state index contributed by atoms with van der Waals surface area (Å²) < 4.78 is 4.39. The summed E-state index contributed by atoms with van der Waals surface area (Å²) in [5.41, 5.74) is 2.50. The third kappa shape index (κ3) is 3.30. The second-order valence-electron chi connectivity index (χ2n) is 7.09. The van der Waals surface area contributed by atoms with E-state index in [4.69, 9.17) is 12.2 Å². The van der Waals surface area contributed by atoms with Gasteiger partial charge in [-0.3, -0.25) is 9.36 Å². The molecule has 1 aliphatic rings. The monoisotopic (exact) mass is 388 g/mol. The summed E-state index contributed by atoms with van der Waals surface area (Å²) in [6, 6.07) is 0. The lowest BCUT2D eigenvalue weighted by Gasteiger charge is -2.10. The van der Waals surface area contributed by atoms with E-state index in [9.17, 15) is 4.79 Å². The highest BCUT2D eigenvalue weighted by Gasteiger charge is 2.18. The van der Waals surface area contributed by atoms with Crippen LogP contribution >= 0.6 is 23.6 Å². The van der Waals surface area contributed by atoms with Gasteiger partial charge in [0, 0.05) is 29.9 Å². The highest BCUT2D eigenvalue weighted by Crippen LogP contribution is 2.32. The van der Waals surface area contributed by atoms with Crippen LogP contribution in [0.5, 0.6) is 0 Å². The van der Waals surface area contributed by atoms with Gasteiger partial charge in [0.2, 0.25) is 0 Å². The summed E-state index contributed by atoms with van der Waals surface area (Å²) in [4.78, 5) is 23.0. The van der Waals surface area contributed by atoms with E-state index >= 15 is 0 Å². The summed E-state index contributed by atoms with van der Waals surface area (Å²) in [6.45, 7) is 3.51. The molecule has 0 fully saturated rings. The first-order valence-electron chi connectivity index (χ1n) is 9.39. The Kier molecular flexibility index (Phi) is 5.09. The van der Waals surface area contributed by atoms with Gasteiger partial charge >= 0.3 is 0 Å². The lowest BCUT2D eigenvalue weighted by Crippen LogP contribution is -2.23. The lowest BCUT2D eigenvalue weighted by atomic mass is 9.98. The molecule has 3 aromatic rings. The molecule has 0 saturated heterocycles. The van der Waals surface area contributed by atoms with Crippen molar-refractivity contribution in [2.45, 2.75) is 65.0 Å². The van der Waals surface area contributed by atoms with Crippen LogP contribution < -0.4 is 5.56 Å². The number of hydrogen-bond acceptors (Lipinski definition) is 4. The van der Waals surface area contributed by atoms with Crippen molar-refractivity contribution in [3.05, 3.63) is 43.8 Å². The zero-order valence-corrected chi connectivity index (χ0v) is 16.7. The first-order valence-corrected chi connectivity index (χ1v) is 10.6. The summed E-state index contributed by atoms with van der Waals surface area (Å²) >= 11 is 7.23. The predicted molar refractivity (Wildman–Crippen MR) is 109 cm³/mol. The van der Waals surface area contributed by atoms with Crippen LogP contribution in [0.3, 0.4) is 0 Å². The first-order chi connectivity index (χ1) is 12.6. The molecule has 0 aromatic carbocycles. The smallest absolute Gasteiger partial charge is 0.263 e. The van der Waals surface area contributed by atoms with E-state index in [1.54, 1.807) is 15.9 Å². The molecular weight excluding hydrogens is 364 g/mol. The van der Waals surface area contributed by atoms with E-state index in [1.165, 1.54) is 36.1 Å². The Morgan fingerprint density at radius 2 is 2.04 bits per heavy atom. The molecule has 1 aliphatic carbocycles. The number of fused-ring (bicyclic) bond motifs is 3. The van der Waals surface area contributed by atoms with Crippen molar-refractivity contribution >= 4 is 33.8 Å². The molecule has 26 heavy (non-hydrogen) atoms. The van der Waals surface area contributed by atoms with E-state index in [1.807, 2.05) is 19.4 Å². The number of aromatic amines is 1. The van der Waals surface area contributed by atoms with Crippen LogP contribution in [0.2, 0.25) is 0 Å². The molecule has 0 bridgehead atoms. The first kappa shape index (κ1) is 17.7. The maximum Gasteiger partial charge on any atom is 0.263 e. The van der Waals surface area contributed by atoms with Gasteiger partial charge in [0.1, 0.15) is 4.83 Å². The van der Waals surface area contributed by atoms with Crippen molar-refractivity contribution in [2.24, 2.45) is 0 Å². The molecule has 5 nitrogen and oxygen atoms in total. The number of aromatic nitrogens is 4. The SMILES string of the molecule is Cc1cncn1CCCn1c(=S)[nH]c2sc3c(c2c1=O)CCCCCC3. The number of thiophene rings is 1. The summed E-state index contributed by atoms with van der Waals surface area (Å²) in [5.74, 6) is 0. The number of H-pyrrole nitrogens is 1. The Morgan fingerprint density at radius 1 is 1.23 bits per heavy atom. The van der Waals surface area contributed by atoms with E-state index in [2.05, 4.69) is 14.5 Å². The third-order valence-electron chi connectivity index (χ3n) is 5.30. The zero-order chi connectivity index (χ0) is 18.1. The molecule has 0 unspecified atom stereocenters. The maximum absolute atomic E-state index is 13.2. The Hall–Kier alpha value is -1.73. The van der Waals surface area contributed by atoms with Crippen molar-refractivity contribution in [3.63, 3.8) is 0 Å². The van der Waals surface area contributed by atoms with Crippen molar-refractivity contribution in [2.75, 3.05) is 0 Å². The molecule has 0 aliphatic heterocycles. The number of rotatable bonds is 4. The van der Waals surface area contributed by atoms with Gasteiger partial charge in [0.05, 0.1) is 11.7 Å². The lowest BCUT2D eigenvalue weighted by molar-refractivity contribution is 0.540. The minimum atomic E-state index is 0.0872. The second kappa shape index (κ2) is 7.48. The molecule has 0 amide bonds. The average Bonchev–Trinajstić information content (AvgIpc) is 3.14. The Bertz CT molecular complexity index is 1040. The van der Waals surface area contributed by atoms with Crippen LogP contribution in [0.25, 0.3) is 10.2 Å². The quantitative estimate of drug-likeness (QED) is 0.675. The van der Waals surface area contributed by atoms with Crippen LogP contribution in [-0.2, 0) is 25.9 Å². The van der Waals surface area contributed by atoms with E-state index in [0.29, 0.717) is 11.3 Å². The molecule has 3 aromatic heterocycles. The number of hydrogen-bond donors (Lipinski definition) is 1. The molecule has 0 saturated carbocycles. The van der Waals surface area contributed by atoms with Crippen molar-refractivity contribution in [1.82, 2.24) is 19.1 Å². The Morgan fingerprint density at radius 3 is 2.81 bits per heavy atom. The fraction of sp³-hybridized carbons (Fsp3) is 0.526. The van der Waals surface area contributed by atoms with Crippen LogP contribution in [0.4, 0.5) is 0 Å². The zero-order valence-electron chi connectivity index (χ0n) is 15.1. The number of imidazole rings is 1. The van der Waals surface area contributed by atoms with Gasteiger partial charge in [-0.15, -0.1) is 11.3 Å². The largest absolute Gasteiger partial charge is 0.335 e. The molecule has 0 spiro atoms. The van der Waals surface area contributed by atoms with Crippen molar-refractivity contribution in [1.29, 1.82) is 0 Å². The van der Waals surface area contributed by atoms with Crippen LogP contribution in [0.15, 0.2) is 17.3 Å². The summed E-state index contributed by atoms with van der Waals surface area (Å²) in [5, 5.41) is 0.888. The molecule has 0 atom stereocenters. The molecule has 7 heteroatoms. The maximum atomic E-state index is 13.2. The normalized spacial score (nSPS) is 15.0. The number of aryl methyl sites for hydroxylation is 4. The minimum Gasteiger partial charge on any atom is -0.335 e. The van der Waals surface area contributed by atoms with Gasteiger partial charge in [-0.1, -0.05) is 12.8 Å². The second-order valence-corrected chi connectivity index (χ2v) is 8.58. The number of nitrogens with zero attached hydrogens (tertiary/aromatic N) is 3.